The van der Waals surface area contributed by atoms with Gasteiger partial charge in [-0.1, -0.05) is 121 Å². The molecule has 0 saturated carbocycles. The number of rotatable bonds is 4. The first-order valence-electron chi connectivity index (χ1n) is 15.2. The van der Waals surface area contributed by atoms with Gasteiger partial charge in [-0.2, -0.15) is 0 Å². The number of benzene rings is 5. The maximum Gasteiger partial charge on any atom is 0.0367 e. The molecule has 2 unspecified atom stereocenters. The van der Waals surface area contributed by atoms with E-state index in [0.717, 1.165) is 0 Å². The maximum absolute atomic E-state index is 4.60. The van der Waals surface area contributed by atoms with Crippen molar-refractivity contribution in [2.45, 2.75) is 11.8 Å². The lowest BCUT2D eigenvalue weighted by atomic mass is 9.85. The quantitative estimate of drug-likeness (QED) is 0.214. The minimum Gasteiger partial charge on any atom is -0.264 e. The molecule has 2 aliphatic rings. The van der Waals surface area contributed by atoms with Crippen molar-refractivity contribution in [3.63, 3.8) is 0 Å². The van der Waals surface area contributed by atoms with Crippen molar-refractivity contribution in [3.8, 4) is 44.5 Å². The van der Waals surface area contributed by atoms with Crippen molar-refractivity contribution in [2.24, 2.45) is 0 Å². The summed E-state index contributed by atoms with van der Waals surface area (Å²) in [5.41, 5.74) is 18.0. The fourth-order valence-electron chi connectivity index (χ4n) is 7.48. The third-order valence-corrected chi connectivity index (χ3v) is 9.46. The largest absolute Gasteiger partial charge is 0.264 e. The molecule has 0 radical (unpaired) electrons. The van der Waals surface area contributed by atoms with Gasteiger partial charge in [0.05, 0.1) is 0 Å². The second kappa shape index (κ2) is 10.00. The van der Waals surface area contributed by atoms with Gasteiger partial charge in [-0.05, 0) is 90.0 Å². The number of fused-ring (bicyclic) bond motifs is 7. The Kier molecular flexibility index (Phi) is 5.67. The number of pyridine rings is 2. The van der Waals surface area contributed by atoms with Crippen LogP contribution in [0.25, 0.3) is 44.5 Å². The lowest BCUT2D eigenvalue weighted by molar-refractivity contribution is 0.986. The van der Waals surface area contributed by atoms with Crippen LogP contribution in [0.15, 0.2) is 158 Å². The van der Waals surface area contributed by atoms with Crippen molar-refractivity contribution >= 4 is 0 Å². The van der Waals surface area contributed by atoms with Crippen molar-refractivity contribution in [3.05, 3.63) is 192 Å². The van der Waals surface area contributed by atoms with E-state index >= 15 is 0 Å². The molecule has 0 spiro atoms. The summed E-state index contributed by atoms with van der Waals surface area (Å²) in [7, 11) is 0. The Hall–Kier alpha value is -5.60. The van der Waals surface area contributed by atoms with Crippen LogP contribution in [0.1, 0.15) is 45.2 Å². The molecule has 0 bridgehead atoms. The summed E-state index contributed by atoms with van der Waals surface area (Å²) in [4.78, 5) is 9.21. The highest BCUT2D eigenvalue weighted by Gasteiger charge is 2.38. The zero-order chi connectivity index (χ0) is 29.0. The van der Waals surface area contributed by atoms with Gasteiger partial charge in [0.2, 0.25) is 0 Å². The van der Waals surface area contributed by atoms with Crippen LogP contribution >= 0.6 is 0 Å². The molecule has 7 aromatic rings. The van der Waals surface area contributed by atoms with Crippen molar-refractivity contribution < 1.29 is 0 Å². The number of hydrogen-bond acceptors (Lipinski definition) is 2. The minimum absolute atomic E-state index is 0.137. The Bertz CT molecular complexity index is 1990. The molecule has 2 heteroatoms. The molecule has 2 heterocycles. The molecule has 0 aliphatic heterocycles. The number of hydrogen-bond donors (Lipinski definition) is 0. The average molecular weight is 561 g/mol. The summed E-state index contributed by atoms with van der Waals surface area (Å²) in [5.74, 6) is 0.275. The smallest absolute Gasteiger partial charge is 0.0367 e. The first-order chi connectivity index (χ1) is 21.8. The third kappa shape index (κ3) is 3.81. The molecule has 2 aromatic heterocycles. The summed E-state index contributed by atoms with van der Waals surface area (Å²) in [6, 6.07) is 48.5. The van der Waals surface area contributed by atoms with Crippen LogP contribution in [0.3, 0.4) is 0 Å². The third-order valence-electron chi connectivity index (χ3n) is 9.46. The molecule has 5 aromatic carbocycles. The van der Waals surface area contributed by atoms with E-state index in [0.29, 0.717) is 0 Å². The van der Waals surface area contributed by atoms with Gasteiger partial charge >= 0.3 is 0 Å². The van der Waals surface area contributed by atoms with Crippen LogP contribution in [0.2, 0.25) is 0 Å². The van der Waals surface area contributed by atoms with E-state index in [1.807, 2.05) is 12.4 Å². The van der Waals surface area contributed by atoms with E-state index in [9.17, 15) is 0 Å². The first kappa shape index (κ1) is 24.9. The Morgan fingerprint density at radius 1 is 0.341 bits per heavy atom. The summed E-state index contributed by atoms with van der Waals surface area (Å²) in [5, 5.41) is 0. The monoisotopic (exact) mass is 560 g/mol. The van der Waals surface area contributed by atoms with Gasteiger partial charge in [-0.25, -0.2) is 0 Å². The summed E-state index contributed by atoms with van der Waals surface area (Å²) in [6.45, 7) is 0. The topological polar surface area (TPSA) is 25.8 Å². The van der Waals surface area contributed by atoms with Gasteiger partial charge in [0.1, 0.15) is 0 Å². The highest BCUT2D eigenvalue weighted by atomic mass is 14.6. The SMILES string of the molecule is c1ccc(-c2ccc(C3c4cnccc4-c4c3ccc3c4-c4ccncc4C3c3ccc(-c4ccccc4)cc3)cc2)cc1. The molecule has 44 heavy (non-hydrogen) atoms. The molecule has 0 fully saturated rings. The van der Waals surface area contributed by atoms with Crippen LogP contribution < -0.4 is 0 Å². The summed E-state index contributed by atoms with van der Waals surface area (Å²) in [6.07, 6.45) is 8.01. The zero-order valence-corrected chi connectivity index (χ0v) is 24.1. The van der Waals surface area contributed by atoms with E-state index in [2.05, 4.69) is 156 Å². The van der Waals surface area contributed by atoms with Gasteiger partial charge in [-0.3, -0.25) is 9.97 Å². The molecule has 206 valence electrons. The van der Waals surface area contributed by atoms with Crippen molar-refractivity contribution in [1.82, 2.24) is 9.97 Å². The van der Waals surface area contributed by atoms with E-state index in [4.69, 9.17) is 0 Å². The molecule has 0 N–H and O–H groups in total. The molecular weight excluding hydrogens is 532 g/mol. The van der Waals surface area contributed by atoms with Gasteiger partial charge < -0.3 is 0 Å². The standard InChI is InChI=1S/C42H28N2/c1-3-7-27(8-4-1)29-11-15-31(16-12-29)39-35-19-20-36-40(32-17-13-30(14-18-32)28-9-5-2-6-10-28)38-26-44-24-22-34(38)42(36)41(35)33-21-23-43-25-37(33)39/h1-26,39-40H. The van der Waals surface area contributed by atoms with E-state index in [-0.39, 0.29) is 11.8 Å². The molecular formula is C42H28N2. The van der Waals surface area contributed by atoms with E-state index in [1.165, 1.54) is 77.9 Å². The minimum atomic E-state index is 0.137. The lowest BCUT2D eigenvalue weighted by Crippen LogP contribution is -2.01. The second-order valence-electron chi connectivity index (χ2n) is 11.8. The Labute approximate surface area is 257 Å². The Morgan fingerprint density at radius 3 is 1.14 bits per heavy atom. The van der Waals surface area contributed by atoms with Crippen molar-refractivity contribution in [2.75, 3.05) is 0 Å². The van der Waals surface area contributed by atoms with Gasteiger partial charge in [0.25, 0.3) is 0 Å². The van der Waals surface area contributed by atoms with Gasteiger partial charge in [0, 0.05) is 36.6 Å². The summed E-state index contributed by atoms with van der Waals surface area (Å²) >= 11 is 0. The molecule has 9 rings (SSSR count). The van der Waals surface area contributed by atoms with Crippen LogP contribution in [0.5, 0.6) is 0 Å². The highest BCUT2D eigenvalue weighted by molar-refractivity contribution is 5.98. The highest BCUT2D eigenvalue weighted by Crippen LogP contribution is 2.58. The number of nitrogens with zero attached hydrogens (tertiary/aromatic N) is 2. The van der Waals surface area contributed by atoms with E-state index in [1.54, 1.807) is 0 Å². The Balaban J connectivity index is 1.19. The fraction of sp³-hybridized carbons (Fsp3) is 0.0476. The Morgan fingerprint density at radius 2 is 0.727 bits per heavy atom. The van der Waals surface area contributed by atoms with Gasteiger partial charge in [0.15, 0.2) is 0 Å². The van der Waals surface area contributed by atoms with Crippen LogP contribution in [-0.4, -0.2) is 9.97 Å². The number of aromatic nitrogens is 2. The molecule has 0 saturated heterocycles. The predicted octanol–water partition coefficient (Wildman–Crippen LogP) is 10.1. The van der Waals surface area contributed by atoms with Crippen LogP contribution in [0, 0.1) is 0 Å². The molecule has 2 aliphatic carbocycles. The average Bonchev–Trinajstić information content (AvgIpc) is 3.62. The second-order valence-corrected chi connectivity index (χ2v) is 11.8. The van der Waals surface area contributed by atoms with Crippen molar-refractivity contribution in [1.29, 1.82) is 0 Å². The first-order valence-corrected chi connectivity index (χ1v) is 15.2. The predicted molar refractivity (Wildman–Crippen MR) is 179 cm³/mol. The van der Waals surface area contributed by atoms with Crippen LogP contribution in [-0.2, 0) is 0 Å². The molecule has 2 nitrogen and oxygen atoms in total. The van der Waals surface area contributed by atoms with Crippen LogP contribution in [0.4, 0.5) is 0 Å². The van der Waals surface area contributed by atoms with E-state index < -0.39 is 0 Å². The zero-order valence-electron chi connectivity index (χ0n) is 24.1. The summed E-state index contributed by atoms with van der Waals surface area (Å²) < 4.78 is 0. The lowest BCUT2D eigenvalue weighted by Gasteiger charge is -2.18. The maximum atomic E-state index is 4.60. The normalized spacial score (nSPS) is 15.7. The fourth-order valence-corrected chi connectivity index (χ4v) is 7.48. The van der Waals surface area contributed by atoms with Gasteiger partial charge in [-0.15, -0.1) is 0 Å². The molecule has 0 amide bonds. The molecule has 2 atom stereocenters.